The van der Waals surface area contributed by atoms with Crippen molar-refractivity contribution in [2.24, 2.45) is 11.1 Å². The Hall–Kier alpha value is -1.35. The second kappa shape index (κ2) is 6.20. The molecule has 1 amide bonds. The van der Waals surface area contributed by atoms with Crippen molar-refractivity contribution in [3.8, 4) is 0 Å². The van der Waals surface area contributed by atoms with Crippen molar-refractivity contribution in [1.82, 2.24) is 5.32 Å². The van der Waals surface area contributed by atoms with Crippen LogP contribution >= 0.6 is 0 Å². The number of hydrogen-bond donors (Lipinski definition) is 2. The summed E-state index contributed by atoms with van der Waals surface area (Å²) in [7, 11) is 0. The summed E-state index contributed by atoms with van der Waals surface area (Å²) in [4.78, 5) is 12.0. The first kappa shape index (κ1) is 15.7. The van der Waals surface area contributed by atoms with Crippen molar-refractivity contribution >= 4 is 5.91 Å². The molecule has 0 heterocycles. The van der Waals surface area contributed by atoms with Gasteiger partial charge in [-0.2, -0.15) is 0 Å². The minimum atomic E-state index is -0.480. The molecule has 0 aliphatic heterocycles. The second-order valence-corrected chi connectivity index (χ2v) is 6.38. The summed E-state index contributed by atoms with van der Waals surface area (Å²) in [6.07, 6.45) is 0.829. The molecule has 3 N–H and O–H groups in total. The Balaban J connectivity index is 2.59. The van der Waals surface area contributed by atoms with Crippen LogP contribution < -0.4 is 11.1 Å². The summed E-state index contributed by atoms with van der Waals surface area (Å²) in [6, 6.07) is 7.84. The molecule has 1 aromatic carbocycles. The number of benzene rings is 1. The molecule has 106 valence electrons. The molecule has 1 unspecified atom stereocenters. The monoisotopic (exact) mass is 262 g/mol. The van der Waals surface area contributed by atoms with E-state index < -0.39 is 6.04 Å². The number of aryl methyl sites for hydroxylation is 1. The van der Waals surface area contributed by atoms with Gasteiger partial charge in [-0.1, -0.05) is 45.0 Å². The molecule has 3 nitrogen and oxygen atoms in total. The van der Waals surface area contributed by atoms with Crippen LogP contribution in [0.15, 0.2) is 24.3 Å². The fourth-order valence-electron chi connectivity index (χ4n) is 1.95. The van der Waals surface area contributed by atoms with E-state index in [1.54, 1.807) is 0 Å². The van der Waals surface area contributed by atoms with Gasteiger partial charge in [0.15, 0.2) is 0 Å². The molecule has 0 aliphatic carbocycles. The molecule has 0 saturated carbocycles. The zero-order valence-electron chi connectivity index (χ0n) is 12.7. The Bertz CT molecular complexity index is 435. The summed E-state index contributed by atoms with van der Waals surface area (Å²) >= 11 is 0. The molecular formula is C16H26N2O. The predicted molar refractivity (Wildman–Crippen MR) is 79.9 cm³/mol. The zero-order chi connectivity index (χ0) is 14.6. The Morgan fingerprint density at radius 3 is 2.42 bits per heavy atom. The first-order valence-electron chi connectivity index (χ1n) is 6.82. The number of hydrogen-bond acceptors (Lipinski definition) is 2. The molecule has 0 bridgehead atoms. The van der Waals surface area contributed by atoms with E-state index in [-0.39, 0.29) is 17.4 Å². The molecule has 1 aromatic rings. The van der Waals surface area contributed by atoms with E-state index in [1.165, 1.54) is 11.1 Å². The molecule has 0 aliphatic rings. The van der Waals surface area contributed by atoms with Crippen LogP contribution in [-0.2, 0) is 11.2 Å². The normalized spacial score (nSPS) is 14.8. The highest BCUT2D eigenvalue weighted by atomic mass is 16.2. The van der Waals surface area contributed by atoms with Crippen molar-refractivity contribution in [1.29, 1.82) is 0 Å². The largest absolute Gasteiger partial charge is 0.352 e. The number of carbonyl (C=O) groups excluding carboxylic acids is 1. The summed E-state index contributed by atoms with van der Waals surface area (Å²) in [5.74, 6) is -0.0754. The summed E-state index contributed by atoms with van der Waals surface area (Å²) in [6.45, 7) is 10.0. The third-order valence-corrected chi connectivity index (χ3v) is 3.39. The van der Waals surface area contributed by atoms with Gasteiger partial charge in [0.2, 0.25) is 5.91 Å². The van der Waals surface area contributed by atoms with Crippen molar-refractivity contribution in [3.05, 3.63) is 35.4 Å². The van der Waals surface area contributed by atoms with Crippen LogP contribution in [0.4, 0.5) is 0 Å². The number of nitrogens with one attached hydrogen (secondary N) is 1. The Morgan fingerprint density at radius 1 is 1.32 bits per heavy atom. The van der Waals surface area contributed by atoms with E-state index in [9.17, 15) is 4.79 Å². The van der Waals surface area contributed by atoms with Crippen LogP contribution in [0.3, 0.4) is 0 Å². The predicted octanol–water partition coefficient (Wildman–Crippen LogP) is 2.42. The minimum Gasteiger partial charge on any atom is -0.352 e. The van der Waals surface area contributed by atoms with Crippen molar-refractivity contribution in [3.63, 3.8) is 0 Å². The number of carbonyl (C=O) groups is 1. The molecule has 2 atom stereocenters. The lowest BCUT2D eigenvalue weighted by Crippen LogP contribution is -2.51. The van der Waals surface area contributed by atoms with Gasteiger partial charge in [-0.3, -0.25) is 4.79 Å². The van der Waals surface area contributed by atoms with Crippen LogP contribution in [0, 0.1) is 12.3 Å². The number of rotatable bonds is 4. The molecule has 0 spiro atoms. The van der Waals surface area contributed by atoms with Gasteiger partial charge in [-0.05, 0) is 36.8 Å². The smallest absolute Gasteiger partial charge is 0.237 e. The van der Waals surface area contributed by atoms with Gasteiger partial charge in [0, 0.05) is 6.04 Å². The van der Waals surface area contributed by atoms with Gasteiger partial charge < -0.3 is 11.1 Å². The van der Waals surface area contributed by atoms with Crippen LogP contribution in [0.5, 0.6) is 0 Å². The maximum absolute atomic E-state index is 12.0. The standard InChI is InChI=1S/C16H26N2O/c1-11-8-6-7-9-13(11)10-12(2)18-15(19)14(17)16(3,4)5/h6-9,12,14H,10,17H2,1-5H3,(H,18,19)/t12?,14-/m0/s1. The van der Waals surface area contributed by atoms with Gasteiger partial charge in [-0.25, -0.2) is 0 Å². The number of nitrogens with two attached hydrogens (primary N) is 1. The van der Waals surface area contributed by atoms with Crippen LogP contribution in [0.2, 0.25) is 0 Å². The fraction of sp³-hybridized carbons (Fsp3) is 0.562. The zero-order valence-corrected chi connectivity index (χ0v) is 12.7. The second-order valence-electron chi connectivity index (χ2n) is 6.38. The Kier molecular flexibility index (Phi) is 5.12. The third-order valence-electron chi connectivity index (χ3n) is 3.39. The van der Waals surface area contributed by atoms with Gasteiger partial charge >= 0.3 is 0 Å². The average Bonchev–Trinajstić information content (AvgIpc) is 2.29. The lowest BCUT2D eigenvalue weighted by molar-refractivity contribution is -0.125. The first-order valence-corrected chi connectivity index (χ1v) is 6.82. The molecule has 0 fully saturated rings. The Morgan fingerprint density at radius 2 is 1.89 bits per heavy atom. The highest BCUT2D eigenvalue weighted by molar-refractivity contribution is 5.82. The van der Waals surface area contributed by atoms with E-state index in [0.29, 0.717) is 0 Å². The van der Waals surface area contributed by atoms with E-state index in [2.05, 4.69) is 24.4 Å². The van der Waals surface area contributed by atoms with Crippen LogP contribution in [-0.4, -0.2) is 18.0 Å². The highest BCUT2D eigenvalue weighted by Gasteiger charge is 2.28. The quantitative estimate of drug-likeness (QED) is 0.875. The van der Waals surface area contributed by atoms with Gasteiger partial charge in [0.25, 0.3) is 0 Å². The average molecular weight is 262 g/mol. The van der Waals surface area contributed by atoms with E-state index in [0.717, 1.165) is 6.42 Å². The molecule has 0 radical (unpaired) electrons. The molecule has 0 saturated heterocycles. The maximum Gasteiger partial charge on any atom is 0.237 e. The summed E-state index contributed by atoms with van der Waals surface area (Å²) < 4.78 is 0. The summed E-state index contributed by atoms with van der Waals surface area (Å²) in [5, 5.41) is 3.00. The van der Waals surface area contributed by atoms with E-state index >= 15 is 0 Å². The number of amides is 1. The lowest BCUT2D eigenvalue weighted by atomic mass is 9.86. The third kappa shape index (κ3) is 4.67. The highest BCUT2D eigenvalue weighted by Crippen LogP contribution is 2.17. The molecule has 3 heteroatoms. The Labute approximate surface area is 116 Å². The van der Waals surface area contributed by atoms with E-state index in [4.69, 9.17) is 5.73 Å². The SMILES string of the molecule is Cc1ccccc1CC(C)NC(=O)[C@H](N)C(C)(C)C. The fourth-order valence-corrected chi connectivity index (χ4v) is 1.95. The maximum atomic E-state index is 12.0. The summed E-state index contributed by atoms with van der Waals surface area (Å²) in [5.41, 5.74) is 8.25. The molecule has 19 heavy (non-hydrogen) atoms. The lowest BCUT2D eigenvalue weighted by Gasteiger charge is -2.27. The first-order chi connectivity index (χ1) is 8.71. The molecular weight excluding hydrogens is 236 g/mol. The molecule has 0 aromatic heterocycles. The van der Waals surface area contributed by atoms with Crippen molar-refractivity contribution in [2.45, 2.75) is 53.1 Å². The van der Waals surface area contributed by atoms with Crippen molar-refractivity contribution in [2.75, 3.05) is 0 Å². The topological polar surface area (TPSA) is 55.1 Å². The van der Waals surface area contributed by atoms with Gasteiger partial charge in [-0.15, -0.1) is 0 Å². The molecule has 1 rings (SSSR count). The van der Waals surface area contributed by atoms with Crippen LogP contribution in [0.25, 0.3) is 0 Å². The van der Waals surface area contributed by atoms with Crippen molar-refractivity contribution < 1.29 is 4.79 Å². The minimum absolute atomic E-state index is 0.0754. The van der Waals surface area contributed by atoms with Gasteiger partial charge in [0.05, 0.1) is 6.04 Å². The van der Waals surface area contributed by atoms with Gasteiger partial charge in [0.1, 0.15) is 0 Å². The van der Waals surface area contributed by atoms with E-state index in [1.807, 2.05) is 39.8 Å². The van der Waals surface area contributed by atoms with Crippen LogP contribution in [0.1, 0.15) is 38.8 Å².